The van der Waals surface area contributed by atoms with E-state index in [1.807, 2.05) is 18.2 Å². The van der Waals surface area contributed by atoms with Crippen LogP contribution in [0.15, 0.2) is 18.2 Å². The third kappa shape index (κ3) is 2.85. The first-order valence-corrected chi connectivity index (χ1v) is 8.23. The van der Waals surface area contributed by atoms with E-state index in [1.165, 1.54) is 12.8 Å². The van der Waals surface area contributed by atoms with Crippen LogP contribution in [0.2, 0.25) is 0 Å². The third-order valence-electron chi connectivity index (χ3n) is 4.65. The summed E-state index contributed by atoms with van der Waals surface area (Å²) in [5.41, 5.74) is 2.85. The maximum atomic E-state index is 13.1. The summed E-state index contributed by atoms with van der Waals surface area (Å²) in [6.07, 6.45) is 5.81. The number of nitrogens with one attached hydrogen (secondary N) is 2. The number of benzene rings is 1. The Balaban J connectivity index is 1.90. The molecule has 1 unspecified atom stereocenters. The Labute approximate surface area is 126 Å². The molecule has 0 aliphatic carbocycles. The molecule has 2 heterocycles. The van der Waals surface area contributed by atoms with Crippen molar-refractivity contribution in [2.24, 2.45) is 0 Å². The first kappa shape index (κ1) is 14.2. The number of rotatable bonds is 2. The number of nitrogens with zero attached hydrogens (tertiary/aromatic N) is 1. The molecule has 0 spiro atoms. The van der Waals surface area contributed by atoms with Gasteiger partial charge in [-0.3, -0.25) is 4.79 Å². The van der Waals surface area contributed by atoms with Crippen molar-refractivity contribution in [3.63, 3.8) is 0 Å². The Morgan fingerprint density at radius 1 is 1.24 bits per heavy atom. The number of para-hydroxylation sites is 1. The van der Waals surface area contributed by atoms with Crippen molar-refractivity contribution >= 4 is 17.3 Å². The van der Waals surface area contributed by atoms with E-state index in [1.54, 1.807) is 0 Å². The van der Waals surface area contributed by atoms with Crippen LogP contribution in [0.3, 0.4) is 0 Å². The van der Waals surface area contributed by atoms with Gasteiger partial charge in [0.05, 0.1) is 16.9 Å². The summed E-state index contributed by atoms with van der Waals surface area (Å²) < 4.78 is 0. The van der Waals surface area contributed by atoms with Crippen molar-refractivity contribution in [1.29, 1.82) is 0 Å². The summed E-state index contributed by atoms with van der Waals surface area (Å²) in [5, 5.41) is 6.75. The van der Waals surface area contributed by atoms with Gasteiger partial charge in [-0.05, 0) is 31.4 Å². The number of hydrogen-bond acceptors (Lipinski definition) is 3. The predicted octanol–water partition coefficient (Wildman–Crippen LogP) is 3.32. The van der Waals surface area contributed by atoms with Gasteiger partial charge in [-0.1, -0.05) is 25.8 Å². The molecule has 1 saturated heterocycles. The lowest BCUT2D eigenvalue weighted by Crippen LogP contribution is -2.40. The fourth-order valence-corrected chi connectivity index (χ4v) is 3.48. The van der Waals surface area contributed by atoms with Crippen LogP contribution in [0.4, 0.5) is 11.4 Å². The minimum Gasteiger partial charge on any atom is -0.382 e. The van der Waals surface area contributed by atoms with Gasteiger partial charge in [-0.15, -0.1) is 0 Å². The fourth-order valence-electron chi connectivity index (χ4n) is 3.48. The molecule has 2 N–H and O–H groups in total. The van der Waals surface area contributed by atoms with E-state index < -0.39 is 0 Å². The first-order chi connectivity index (χ1) is 10.3. The zero-order valence-electron chi connectivity index (χ0n) is 12.8. The van der Waals surface area contributed by atoms with Crippen LogP contribution in [0, 0.1) is 0 Å². The van der Waals surface area contributed by atoms with Crippen molar-refractivity contribution in [3.05, 3.63) is 23.8 Å². The lowest BCUT2D eigenvalue weighted by molar-refractivity contribution is 0.0679. The molecule has 4 nitrogen and oxygen atoms in total. The van der Waals surface area contributed by atoms with E-state index in [-0.39, 0.29) is 5.91 Å². The number of likely N-dealkylation sites (tertiary alicyclic amines) is 1. The Kier molecular flexibility index (Phi) is 4.32. The molecule has 0 bridgehead atoms. The molecule has 0 saturated carbocycles. The van der Waals surface area contributed by atoms with Gasteiger partial charge in [-0.2, -0.15) is 0 Å². The molecule has 1 aromatic carbocycles. The Morgan fingerprint density at radius 2 is 2.10 bits per heavy atom. The van der Waals surface area contributed by atoms with E-state index in [0.717, 1.165) is 55.8 Å². The molecule has 0 radical (unpaired) electrons. The minimum absolute atomic E-state index is 0.191. The fraction of sp³-hybridized carbons (Fsp3) is 0.588. The highest BCUT2D eigenvalue weighted by atomic mass is 16.2. The second-order valence-electron chi connectivity index (χ2n) is 5.99. The van der Waals surface area contributed by atoms with Crippen LogP contribution in [-0.2, 0) is 0 Å². The Bertz CT molecular complexity index is 515. The Morgan fingerprint density at radius 3 is 2.95 bits per heavy atom. The molecule has 0 aromatic heterocycles. The second kappa shape index (κ2) is 6.37. The molecule has 1 atom stereocenters. The summed E-state index contributed by atoms with van der Waals surface area (Å²) in [5.74, 6) is 0.191. The van der Waals surface area contributed by atoms with Crippen molar-refractivity contribution in [3.8, 4) is 0 Å². The topological polar surface area (TPSA) is 44.4 Å². The summed E-state index contributed by atoms with van der Waals surface area (Å²) >= 11 is 0. The monoisotopic (exact) mass is 287 g/mol. The summed E-state index contributed by atoms with van der Waals surface area (Å²) in [6.45, 7) is 4.87. The molecule has 1 fully saturated rings. The average molecular weight is 287 g/mol. The standard InChI is InChI=1S/C17H25N3O/c1-2-13-7-4-3-5-12-20(13)17(21)14-8-6-9-15-16(14)19-11-10-18-15/h6,8-9,13,18-19H,2-5,7,10-12H2,1H3. The maximum Gasteiger partial charge on any atom is 0.256 e. The SMILES string of the molecule is CCC1CCCCCN1C(=O)c1cccc2c1NCCN2. The Hall–Kier alpha value is -1.71. The molecule has 1 aromatic rings. The number of hydrogen-bond donors (Lipinski definition) is 2. The molecule has 1 amide bonds. The summed E-state index contributed by atoms with van der Waals surface area (Å²) in [7, 11) is 0. The minimum atomic E-state index is 0.191. The first-order valence-electron chi connectivity index (χ1n) is 8.23. The van der Waals surface area contributed by atoms with Crippen LogP contribution in [0.1, 0.15) is 49.4 Å². The van der Waals surface area contributed by atoms with Gasteiger partial charge in [0.15, 0.2) is 0 Å². The van der Waals surface area contributed by atoms with Gasteiger partial charge in [-0.25, -0.2) is 0 Å². The number of anilines is 2. The quantitative estimate of drug-likeness (QED) is 0.877. The van der Waals surface area contributed by atoms with E-state index in [0.29, 0.717) is 6.04 Å². The van der Waals surface area contributed by atoms with E-state index in [4.69, 9.17) is 0 Å². The van der Waals surface area contributed by atoms with Crippen molar-refractivity contribution in [1.82, 2.24) is 4.90 Å². The second-order valence-corrected chi connectivity index (χ2v) is 5.99. The molecule has 2 aliphatic rings. The number of fused-ring (bicyclic) bond motifs is 1. The van der Waals surface area contributed by atoms with Gasteiger partial charge in [0.1, 0.15) is 0 Å². The van der Waals surface area contributed by atoms with E-state index in [9.17, 15) is 4.79 Å². The van der Waals surface area contributed by atoms with Crippen LogP contribution >= 0.6 is 0 Å². The lowest BCUT2D eigenvalue weighted by atomic mass is 10.0. The van der Waals surface area contributed by atoms with Crippen molar-refractivity contribution in [2.75, 3.05) is 30.3 Å². The predicted molar refractivity (Wildman–Crippen MR) is 87.0 cm³/mol. The lowest BCUT2D eigenvalue weighted by Gasteiger charge is -2.31. The van der Waals surface area contributed by atoms with Gasteiger partial charge >= 0.3 is 0 Å². The molecule has 2 aliphatic heterocycles. The normalized spacial score (nSPS) is 21.8. The molecule has 114 valence electrons. The third-order valence-corrected chi connectivity index (χ3v) is 4.65. The molecular weight excluding hydrogens is 262 g/mol. The van der Waals surface area contributed by atoms with Crippen LogP contribution in [0.25, 0.3) is 0 Å². The highest BCUT2D eigenvalue weighted by Crippen LogP contribution is 2.31. The van der Waals surface area contributed by atoms with Crippen LogP contribution in [0.5, 0.6) is 0 Å². The number of carbonyl (C=O) groups excluding carboxylic acids is 1. The van der Waals surface area contributed by atoms with Gasteiger partial charge < -0.3 is 15.5 Å². The van der Waals surface area contributed by atoms with Crippen LogP contribution in [-0.4, -0.2) is 36.5 Å². The zero-order valence-corrected chi connectivity index (χ0v) is 12.8. The average Bonchev–Trinajstić information content (AvgIpc) is 2.79. The molecular formula is C17H25N3O. The molecule has 21 heavy (non-hydrogen) atoms. The number of amides is 1. The van der Waals surface area contributed by atoms with Gasteiger partial charge in [0.2, 0.25) is 0 Å². The van der Waals surface area contributed by atoms with Crippen molar-refractivity contribution in [2.45, 2.75) is 45.1 Å². The van der Waals surface area contributed by atoms with Gasteiger partial charge in [0, 0.05) is 25.7 Å². The van der Waals surface area contributed by atoms with Crippen LogP contribution < -0.4 is 10.6 Å². The summed E-state index contributed by atoms with van der Waals surface area (Å²) in [6, 6.07) is 6.37. The summed E-state index contributed by atoms with van der Waals surface area (Å²) in [4.78, 5) is 15.2. The zero-order chi connectivity index (χ0) is 14.7. The largest absolute Gasteiger partial charge is 0.382 e. The highest BCUT2D eigenvalue weighted by molar-refractivity contribution is 6.03. The van der Waals surface area contributed by atoms with E-state index >= 15 is 0 Å². The van der Waals surface area contributed by atoms with E-state index in [2.05, 4.69) is 22.5 Å². The maximum absolute atomic E-state index is 13.1. The molecule has 4 heteroatoms. The highest BCUT2D eigenvalue weighted by Gasteiger charge is 2.27. The molecule has 3 rings (SSSR count). The van der Waals surface area contributed by atoms with Gasteiger partial charge in [0.25, 0.3) is 5.91 Å². The van der Waals surface area contributed by atoms with Crippen molar-refractivity contribution < 1.29 is 4.79 Å². The smallest absolute Gasteiger partial charge is 0.256 e. The number of carbonyl (C=O) groups is 1.